The SMILES string of the molecule is NC1(F)C=CNN=N1. The fourth-order valence-electron chi connectivity index (χ4n) is 0.326. The number of halogens is 1. The summed E-state index contributed by atoms with van der Waals surface area (Å²) in [6, 6.07) is 0. The van der Waals surface area contributed by atoms with E-state index in [0.29, 0.717) is 0 Å². The van der Waals surface area contributed by atoms with Gasteiger partial charge >= 0.3 is 0 Å². The summed E-state index contributed by atoms with van der Waals surface area (Å²) in [6.07, 6.45) is 2.35. The summed E-state index contributed by atoms with van der Waals surface area (Å²) in [6.45, 7) is 0. The molecule has 1 unspecified atom stereocenters. The summed E-state index contributed by atoms with van der Waals surface area (Å²) < 4.78 is 12.3. The van der Waals surface area contributed by atoms with Gasteiger partial charge in [0.2, 0.25) is 0 Å². The Morgan fingerprint density at radius 3 is 2.75 bits per heavy atom. The molecule has 1 aliphatic rings. The van der Waals surface area contributed by atoms with Crippen molar-refractivity contribution in [1.29, 1.82) is 0 Å². The van der Waals surface area contributed by atoms with E-state index in [1.807, 2.05) is 0 Å². The minimum absolute atomic E-state index is 1.07. The standard InChI is InChI=1S/C3H5FN4/c4-3(5)1-2-6-8-7-3/h1-2H,5H2,(H,6,7). The maximum absolute atomic E-state index is 12.3. The van der Waals surface area contributed by atoms with Crippen molar-refractivity contribution in [3.63, 3.8) is 0 Å². The van der Waals surface area contributed by atoms with Gasteiger partial charge in [0.15, 0.2) is 0 Å². The molecule has 0 aromatic heterocycles. The Kier molecular flexibility index (Phi) is 0.980. The fourth-order valence-corrected chi connectivity index (χ4v) is 0.326. The molecule has 8 heavy (non-hydrogen) atoms. The van der Waals surface area contributed by atoms with E-state index in [4.69, 9.17) is 5.73 Å². The predicted molar refractivity (Wildman–Crippen MR) is 25.2 cm³/mol. The Hall–Kier alpha value is -0.970. The van der Waals surface area contributed by atoms with Crippen molar-refractivity contribution >= 4 is 0 Å². The van der Waals surface area contributed by atoms with Crippen LogP contribution in [-0.2, 0) is 0 Å². The van der Waals surface area contributed by atoms with E-state index in [9.17, 15) is 4.39 Å². The molecular weight excluding hydrogens is 111 g/mol. The molecule has 1 rings (SSSR count). The van der Waals surface area contributed by atoms with Gasteiger partial charge in [0.1, 0.15) is 0 Å². The summed E-state index contributed by atoms with van der Waals surface area (Å²) in [7, 11) is 0. The molecule has 0 saturated carbocycles. The van der Waals surface area contributed by atoms with Gasteiger partial charge in [-0.1, -0.05) is 5.22 Å². The molecule has 0 aromatic rings. The third-order valence-corrected chi connectivity index (χ3v) is 0.653. The van der Waals surface area contributed by atoms with Crippen molar-refractivity contribution < 1.29 is 4.39 Å². The van der Waals surface area contributed by atoms with Crippen LogP contribution >= 0.6 is 0 Å². The molecule has 0 aliphatic carbocycles. The highest BCUT2D eigenvalue weighted by molar-refractivity contribution is 4.95. The molecule has 0 fully saturated rings. The molecule has 3 N–H and O–H groups in total. The van der Waals surface area contributed by atoms with Crippen LogP contribution in [0, 0.1) is 0 Å². The third kappa shape index (κ3) is 1.00. The summed E-state index contributed by atoms with van der Waals surface area (Å²) in [5.74, 6) is -2.11. The van der Waals surface area contributed by atoms with E-state index in [0.717, 1.165) is 6.08 Å². The summed E-state index contributed by atoms with van der Waals surface area (Å²) >= 11 is 0. The van der Waals surface area contributed by atoms with Crippen molar-refractivity contribution in [3.05, 3.63) is 12.3 Å². The molecule has 1 heterocycles. The number of hydrogen-bond acceptors (Lipinski definition) is 4. The van der Waals surface area contributed by atoms with Gasteiger partial charge in [0, 0.05) is 12.3 Å². The molecule has 0 amide bonds. The first-order valence-electron chi connectivity index (χ1n) is 2.04. The zero-order chi connectivity index (χ0) is 6.04. The van der Waals surface area contributed by atoms with Gasteiger partial charge < -0.3 is 0 Å². The monoisotopic (exact) mass is 116 g/mol. The van der Waals surface area contributed by atoms with Crippen LogP contribution in [0.4, 0.5) is 4.39 Å². The lowest BCUT2D eigenvalue weighted by Crippen LogP contribution is -2.31. The molecule has 0 bridgehead atoms. The maximum Gasteiger partial charge on any atom is 0.293 e. The lowest BCUT2D eigenvalue weighted by Gasteiger charge is -2.09. The topological polar surface area (TPSA) is 62.8 Å². The van der Waals surface area contributed by atoms with Gasteiger partial charge in [0.25, 0.3) is 5.92 Å². The number of alkyl halides is 1. The molecule has 0 spiro atoms. The molecule has 44 valence electrons. The number of rotatable bonds is 0. The predicted octanol–water partition coefficient (Wildman–Crippen LogP) is 0.0525. The van der Waals surface area contributed by atoms with Gasteiger partial charge in [-0.2, -0.15) is 4.39 Å². The number of nitrogens with one attached hydrogen (secondary N) is 1. The molecular formula is C3H5FN4. The molecule has 4 nitrogen and oxygen atoms in total. The lowest BCUT2D eigenvalue weighted by molar-refractivity contribution is 0.230. The summed E-state index contributed by atoms with van der Waals surface area (Å²) in [5.41, 5.74) is 7.12. The van der Waals surface area contributed by atoms with E-state index in [1.54, 1.807) is 0 Å². The van der Waals surface area contributed by atoms with Crippen LogP contribution < -0.4 is 11.2 Å². The number of nitrogens with two attached hydrogens (primary N) is 1. The largest absolute Gasteiger partial charge is 0.293 e. The van der Waals surface area contributed by atoms with Crippen LogP contribution in [0.3, 0.4) is 0 Å². The normalized spacial score (nSPS) is 34.8. The first kappa shape index (κ1) is 5.17. The van der Waals surface area contributed by atoms with E-state index < -0.39 is 5.92 Å². The van der Waals surface area contributed by atoms with Gasteiger partial charge in [-0.15, -0.1) is 5.11 Å². The molecule has 0 radical (unpaired) electrons. The van der Waals surface area contributed by atoms with E-state index in [2.05, 4.69) is 15.8 Å². The van der Waals surface area contributed by atoms with Crippen molar-refractivity contribution in [2.45, 2.75) is 5.92 Å². The average molecular weight is 116 g/mol. The Balaban J connectivity index is 2.69. The van der Waals surface area contributed by atoms with Gasteiger partial charge in [-0.05, 0) is 0 Å². The third-order valence-electron chi connectivity index (χ3n) is 0.653. The second-order valence-electron chi connectivity index (χ2n) is 1.39. The van der Waals surface area contributed by atoms with Gasteiger partial charge in [0.05, 0.1) is 0 Å². The first-order valence-corrected chi connectivity index (χ1v) is 2.04. The van der Waals surface area contributed by atoms with Crippen LogP contribution in [0.5, 0.6) is 0 Å². The Morgan fingerprint density at radius 1 is 1.75 bits per heavy atom. The minimum atomic E-state index is -2.11. The van der Waals surface area contributed by atoms with Crippen LogP contribution in [0.1, 0.15) is 0 Å². The zero-order valence-electron chi connectivity index (χ0n) is 4.00. The van der Waals surface area contributed by atoms with E-state index in [1.165, 1.54) is 6.20 Å². The fraction of sp³-hybridized carbons (Fsp3) is 0.333. The van der Waals surface area contributed by atoms with Crippen molar-refractivity contribution in [3.8, 4) is 0 Å². The maximum atomic E-state index is 12.3. The Bertz CT molecular complexity index is 124. The Labute approximate surface area is 45.2 Å². The quantitative estimate of drug-likeness (QED) is 0.439. The summed E-state index contributed by atoms with van der Waals surface area (Å²) in [5, 5.41) is 6.12. The molecule has 0 aromatic carbocycles. The highest BCUT2D eigenvalue weighted by Gasteiger charge is 2.19. The lowest BCUT2D eigenvalue weighted by atomic mass is 10.4. The van der Waals surface area contributed by atoms with Gasteiger partial charge in [-0.3, -0.25) is 11.2 Å². The molecule has 1 aliphatic heterocycles. The van der Waals surface area contributed by atoms with Gasteiger partial charge in [-0.25, -0.2) is 0 Å². The van der Waals surface area contributed by atoms with Crippen LogP contribution in [0.25, 0.3) is 0 Å². The number of hydrogen-bond donors (Lipinski definition) is 2. The van der Waals surface area contributed by atoms with Crippen LogP contribution in [0.15, 0.2) is 22.6 Å². The molecule has 0 saturated heterocycles. The van der Waals surface area contributed by atoms with Crippen LogP contribution in [0.2, 0.25) is 0 Å². The van der Waals surface area contributed by atoms with E-state index in [-0.39, 0.29) is 0 Å². The van der Waals surface area contributed by atoms with Crippen molar-refractivity contribution in [2.24, 2.45) is 16.1 Å². The van der Waals surface area contributed by atoms with Crippen molar-refractivity contribution in [1.82, 2.24) is 5.43 Å². The summed E-state index contributed by atoms with van der Waals surface area (Å²) in [4.78, 5) is 0. The van der Waals surface area contributed by atoms with E-state index >= 15 is 0 Å². The molecule has 1 atom stereocenters. The average Bonchev–Trinajstić information content (AvgIpc) is 1.65. The highest BCUT2D eigenvalue weighted by atomic mass is 19.1. The number of nitrogens with zero attached hydrogens (tertiary/aromatic N) is 2. The minimum Gasteiger partial charge on any atom is -0.275 e. The smallest absolute Gasteiger partial charge is 0.275 e. The van der Waals surface area contributed by atoms with Crippen molar-refractivity contribution in [2.75, 3.05) is 0 Å². The second kappa shape index (κ2) is 1.52. The zero-order valence-corrected chi connectivity index (χ0v) is 4.00. The Morgan fingerprint density at radius 2 is 2.50 bits per heavy atom. The van der Waals surface area contributed by atoms with Crippen LogP contribution in [-0.4, -0.2) is 5.92 Å². The first-order chi connectivity index (χ1) is 3.71. The second-order valence-corrected chi connectivity index (χ2v) is 1.39. The highest BCUT2D eigenvalue weighted by Crippen LogP contribution is 2.08. The molecule has 5 heteroatoms.